The van der Waals surface area contributed by atoms with E-state index in [9.17, 15) is 18.4 Å². The Morgan fingerprint density at radius 1 is 1.14 bits per heavy atom. The van der Waals surface area contributed by atoms with Crippen molar-refractivity contribution in [3.63, 3.8) is 0 Å². The molecule has 0 bridgehead atoms. The number of hydrogen-bond donors (Lipinski definition) is 3. The van der Waals surface area contributed by atoms with Gasteiger partial charge in [0, 0.05) is 35.6 Å². The number of carbonyl (C=O) groups is 2. The van der Waals surface area contributed by atoms with Crippen molar-refractivity contribution in [2.24, 2.45) is 0 Å². The van der Waals surface area contributed by atoms with E-state index in [2.05, 4.69) is 15.6 Å². The third kappa shape index (κ3) is 3.47. The van der Waals surface area contributed by atoms with Crippen LogP contribution < -0.4 is 10.6 Å². The first-order chi connectivity index (χ1) is 13.5. The molecule has 3 N–H and O–H groups in total. The van der Waals surface area contributed by atoms with Crippen LogP contribution in [-0.2, 0) is 16.0 Å². The summed E-state index contributed by atoms with van der Waals surface area (Å²) in [6.45, 7) is 0.551. The van der Waals surface area contributed by atoms with E-state index in [0.29, 0.717) is 30.3 Å². The number of aromatic amines is 1. The largest absolute Gasteiger partial charge is 0.354 e. The lowest BCUT2D eigenvalue weighted by atomic mass is 10.0. The molecule has 1 aromatic heterocycles. The van der Waals surface area contributed by atoms with Crippen molar-refractivity contribution in [3.8, 4) is 11.3 Å². The Morgan fingerprint density at radius 2 is 1.89 bits per heavy atom. The first-order valence-electron chi connectivity index (χ1n) is 9.15. The summed E-state index contributed by atoms with van der Waals surface area (Å²) in [5.41, 5.74) is 2.81. The van der Waals surface area contributed by atoms with Gasteiger partial charge in [0.15, 0.2) is 11.6 Å². The van der Waals surface area contributed by atoms with E-state index >= 15 is 0 Å². The molecule has 1 unspecified atom stereocenters. The van der Waals surface area contributed by atoms with Gasteiger partial charge in [-0.2, -0.15) is 0 Å². The molecule has 2 amide bonds. The maximum Gasteiger partial charge on any atom is 0.242 e. The molecule has 1 aliphatic heterocycles. The van der Waals surface area contributed by atoms with E-state index in [-0.39, 0.29) is 18.2 Å². The SMILES string of the molecule is O=C(CCc1c(-c2ccccc2)[nH]c2cc(F)c(F)cc12)NC1CCNC1=O. The average molecular weight is 383 g/mol. The summed E-state index contributed by atoms with van der Waals surface area (Å²) in [7, 11) is 0. The zero-order valence-electron chi connectivity index (χ0n) is 15.0. The quantitative estimate of drug-likeness (QED) is 0.634. The molecule has 1 fully saturated rings. The molecule has 7 heteroatoms. The number of halogens is 2. The number of carbonyl (C=O) groups excluding carboxylic acids is 2. The molecule has 3 aromatic rings. The average Bonchev–Trinajstić information content (AvgIpc) is 3.24. The van der Waals surface area contributed by atoms with Crippen molar-refractivity contribution in [1.29, 1.82) is 0 Å². The number of aromatic nitrogens is 1. The number of aryl methyl sites for hydroxylation is 1. The van der Waals surface area contributed by atoms with Gasteiger partial charge < -0.3 is 15.6 Å². The molecular weight excluding hydrogens is 364 g/mol. The van der Waals surface area contributed by atoms with Gasteiger partial charge in [0.2, 0.25) is 11.8 Å². The van der Waals surface area contributed by atoms with Gasteiger partial charge in [-0.1, -0.05) is 30.3 Å². The fourth-order valence-electron chi connectivity index (χ4n) is 3.59. The van der Waals surface area contributed by atoms with Gasteiger partial charge in [-0.25, -0.2) is 8.78 Å². The van der Waals surface area contributed by atoms with Gasteiger partial charge in [0.05, 0.1) is 0 Å². The molecule has 28 heavy (non-hydrogen) atoms. The summed E-state index contributed by atoms with van der Waals surface area (Å²) >= 11 is 0. The third-order valence-corrected chi connectivity index (χ3v) is 5.00. The molecular formula is C21H19F2N3O2. The number of fused-ring (bicyclic) bond motifs is 1. The number of nitrogens with one attached hydrogen (secondary N) is 3. The van der Waals surface area contributed by atoms with Gasteiger partial charge in [-0.3, -0.25) is 9.59 Å². The lowest BCUT2D eigenvalue weighted by molar-refractivity contribution is -0.127. The number of benzene rings is 2. The fraction of sp³-hybridized carbons (Fsp3) is 0.238. The minimum atomic E-state index is -0.931. The topological polar surface area (TPSA) is 74.0 Å². The first kappa shape index (κ1) is 18.2. The smallest absolute Gasteiger partial charge is 0.242 e. The minimum Gasteiger partial charge on any atom is -0.354 e. The van der Waals surface area contributed by atoms with Gasteiger partial charge >= 0.3 is 0 Å². The summed E-state index contributed by atoms with van der Waals surface area (Å²) in [6.07, 6.45) is 1.03. The van der Waals surface area contributed by atoms with Crippen LogP contribution in [0.2, 0.25) is 0 Å². The zero-order valence-corrected chi connectivity index (χ0v) is 15.0. The van der Waals surface area contributed by atoms with Crippen LogP contribution in [0.5, 0.6) is 0 Å². The zero-order chi connectivity index (χ0) is 19.7. The highest BCUT2D eigenvalue weighted by Crippen LogP contribution is 2.32. The monoisotopic (exact) mass is 383 g/mol. The summed E-state index contributed by atoms with van der Waals surface area (Å²) in [6, 6.07) is 11.2. The lowest BCUT2D eigenvalue weighted by Crippen LogP contribution is -2.40. The van der Waals surface area contributed by atoms with Crippen molar-refractivity contribution < 1.29 is 18.4 Å². The predicted octanol–water partition coefficient (Wildman–Crippen LogP) is 3.05. The molecule has 1 saturated heterocycles. The highest BCUT2D eigenvalue weighted by atomic mass is 19.2. The van der Waals surface area contributed by atoms with Crippen LogP contribution in [-0.4, -0.2) is 29.4 Å². The Balaban J connectivity index is 1.63. The lowest BCUT2D eigenvalue weighted by Gasteiger charge is -2.10. The maximum atomic E-state index is 13.8. The molecule has 144 valence electrons. The van der Waals surface area contributed by atoms with Gasteiger partial charge in [-0.05, 0) is 30.0 Å². The molecule has 0 saturated carbocycles. The van der Waals surface area contributed by atoms with Crippen molar-refractivity contribution in [3.05, 3.63) is 59.7 Å². The standard InChI is InChI=1S/C21H19F2N3O2/c22-15-10-14-13(6-7-19(27)25-17-8-9-24-21(17)28)20(12-4-2-1-3-5-12)26-18(14)11-16(15)23/h1-5,10-11,17,26H,6-9H2,(H,24,28)(H,25,27). The van der Waals surface area contributed by atoms with Crippen LogP contribution in [0.3, 0.4) is 0 Å². The highest BCUT2D eigenvalue weighted by Gasteiger charge is 2.25. The van der Waals surface area contributed by atoms with Gasteiger partial charge in [-0.15, -0.1) is 0 Å². The second-order valence-electron chi connectivity index (χ2n) is 6.86. The fourth-order valence-corrected chi connectivity index (χ4v) is 3.59. The van der Waals surface area contributed by atoms with Crippen LogP contribution in [0, 0.1) is 11.6 Å². The number of amides is 2. The van der Waals surface area contributed by atoms with E-state index < -0.39 is 17.7 Å². The van der Waals surface area contributed by atoms with E-state index in [1.807, 2.05) is 30.3 Å². The molecule has 0 spiro atoms. The summed E-state index contributed by atoms with van der Waals surface area (Å²) in [5.74, 6) is -2.29. The molecule has 1 aliphatic rings. The molecule has 1 atom stereocenters. The van der Waals surface area contributed by atoms with Crippen molar-refractivity contribution >= 4 is 22.7 Å². The predicted molar refractivity (Wildman–Crippen MR) is 102 cm³/mol. The van der Waals surface area contributed by atoms with E-state index in [1.165, 1.54) is 0 Å². The Kier molecular flexibility index (Phi) is 4.81. The normalized spacial score (nSPS) is 16.4. The molecule has 0 radical (unpaired) electrons. The van der Waals surface area contributed by atoms with Crippen LogP contribution in [0.25, 0.3) is 22.2 Å². The number of H-pyrrole nitrogens is 1. The number of hydrogen-bond acceptors (Lipinski definition) is 2. The van der Waals surface area contributed by atoms with Crippen LogP contribution in [0.1, 0.15) is 18.4 Å². The Morgan fingerprint density at radius 3 is 2.61 bits per heavy atom. The Labute approximate surface area is 160 Å². The van der Waals surface area contributed by atoms with E-state index in [4.69, 9.17) is 0 Å². The molecule has 2 aromatic carbocycles. The summed E-state index contributed by atoms with van der Waals surface area (Å²) < 4.78 is 27.5. The molecule has 5 nitrogen and oxygen atoms in total. The summed E-state index contributed by atoms with van der Waals surface area (Å²) in [4.78, 5) is 27.1. The number of rotatable bonds is 5. The first-order valence-corrected chi connectivity index (χ1v) is 9.15. The Hall–Kier alpha value is -3.22. The van der Waals surface area contributed by atoms with Crippen LogP contribution >= 0.6 is 0 Å². The molecule has 4 rings (SSSR count). The maximum absolute atomic E-state index is 13.8. The van der Waals surface area contributed by atoms with E-state index in [1.54, 1.807) is 0 Å². The third-order valence-electron chi connectivity index (χ3n) is 5.00. The molecule has 0 aliphatic carbocycles. The van der Waals surface area contributed by atoms with Crippen molar-refractivity contribution in [1.82, 2.24) is 15.6 Å². The van der Waals surface area contributed by atoms with E-state index in [0.717, 1.165) is 29.0 Å². The Bertz CT molecular complexity index is 1050. The second kappa shape index (κ2) is 7.42. The molecule has 2 heterocycles. The highest BCUT2D eigenvalue weighted by molar-refractivity contribution is 5.92. The van der Waals surface area contributed by atoms with Gasteiger partial charge in [0.1, 0.15) is 6.04 Å². The van der Waals surface area contributed by atoms with Gasteiger partial charge in [0.25, 0.3) is 0 Å². The minimum absolute atomic E-state index is 0.134. The van der Waals surface area contributed by atoms with Crippen LogP contribution in [0.4, 0.5) is 8.78 Å². The van der Waals surface area contributed by atoms with Crippen molar-refractivity contribution in [2.75, 3.05) is 6.54 Å². The summed E-state index contributed by atoms with van der Waals surface area (Å²) in [5, 5.41) is 5.94. The van der Waals surface area contributed by atoms with Crippen molar-refractivity contribution in [2.45, 2.75) is 25.3 Å². The van der Waals surface area contributed by atoms with Crippen LogP contribution in [0.15, 0.2) is 42.5 Å². The second-order valence-corrected chi connectivity index (χ2v) is 6.86.